The summed E-state index contributed by atoms with van der Waals surface area (Å²) in [5.41, 5.74) is 0.401. The van der Waals surface area contributed by atoms with E-state index in [1.807, 2.05) is 0 Å². The minimum absolute atomic E-state index is 0.217. The number of benzene rings is 1. The molecule has 0 atom stereocenters. The molecule has 9 heteroatoms. The van der Waals surface area contributed by atoms with Gasteiger partial charge in [0.05, 0.1) is 0 Å². The van der Waals surface area contributed by atoms with Crippen molar-refractivity contribution in [2.45, 2.75) is 6.92 Å². The Bertz CT molecular complexity index is 724. The number of carbonyl (C=O) groups excluding carboxylic acids is 2. The van der Waals surface area contributed by atoms with Crippen LogP contribution in [0.4, 0.5) is 0 Å². The number of esters is 1. The van der Waals surface area contributed by atoms with Gasteiger partial charge in [0.2, 0.25) is 0 Å². The summed E-state index contributed by atoms with van der Waals surface area (Å²) in [5, 5.41) is 0. The van der Waals surface area contributed by atoms with Gasteiger partial charge in [-0.1, -0.05) is 6.07 Å². The molecule has 8 nitrogen and oxygen atoms in total. The van der Waals surface area contributed by atoms with Gasteiger partial charge >= 0.3 is 5.97 Å². The zero-order valence-electron chi connectivity index (χ0n) is 13.9. The molecule has 0 saturated carbocycles. The average molecular weight is 355 g/mol. The van der Waals surface area contributed by atoms with Crippen LogP contribution in [0.1, 0.15) is 17.3 Å². The number of nitrogens with zero attached hydrogens (tertiary/aromatic N) is 3. The van der Waals surface area contributed by atoms with Gasteiger partial charge in [-0.05, 0) is 18.2 Å². The first kappa shape index (κ1) is 18.4. The molecule has 1 aromatic carbocycles. The quantitative estimate of drug-likeness (QED) is 0.568. The Labute approximate surface area is 141 Å². The number of rotatable bonds is 4. The molecule has 1 amide bonds. The van der Waals surface area contributed by atoms with Gasteiger partial charge in [-0.2, -0.15) is 17.0 Å². The van der Waals surface area contributed by atoms with Crippen LogP contribution >= 0.6 is 0 Å². The summed E-state index contributed by atoms with van der Waals surface area (Å²) in [6.45, 7) is 2.40. The monoisotopic (exact) mass is 355 g/mol. The second-order valence-corrected chi connectivity index (χ2v) is 7.75. The topological polar surface area (TPSA) is 87.2 Å². The molecule has 0 bridgehead atoms. The lowest BCUT2D eigenvalue weighted by Crippen LogP contribution is -2.53. The summed E-state index contributed by atoms with van der Waals surface area (Å²) >= 11 is 0. The molecule has 24 heavy (non-hydrogen) atoms. The van der Waals surface area contributed by atoms with Gasteiger partial charge in [0.25, 0.3) is 16.1 Å². The Morgan fingerprint density at radius 2 is 1.75 bits per heavy atom. The highest BCUT2D eigenvalue weighted by Gasteiger charge is 2.30. The summed E-state index contributed by atoms with van der Waals surface area (Å²) in [5.74, 6) is -0.366. The van der Waals surface area contributed by atoms with Crippen molar-refractivity contribution in [2.75, 3.05) is 40.3 Å². The van der Waals surface area contributed by atoms with E-state index in [-0.39, 0.29) is 19.0 Å². The van der Waals surface area contributed by atoms with E-state index in [1.165, 1.54) is 31.4 Å². The van der Waals surface area contributed by atoms with Gasteiger partial charge in [-0.25, -0.2) is 0 Å². The molecule has 1 aliphatic rings. The summed E-state index contributed by atoms with van der Waals surface area (Å²) < 4.78 is 31.6. The van der Waals surface area contributed by atoms with E-state index in [2.05, 4.69) is 0 Å². The van der Waals surface area contributed by atoms with Crippen molar-refractivity contribution in [3.8, 4) is 5.75 Å². The zero-order chi connectivity index (χ0) is 17.9. The normalized spacial score (nSPS) is 16.2. The van der Waals surface area contributed by atoms with E-state index in [9.17, 15) is 18.0 Å². The number of ether oxygens (including phenoxy) is 1. The standard InChI is InChI=1S/C15H21N3O5S/c1-12(19)23-14-6-4-5-13(11-14)15(20)17-7-9-18(10-8-17)24(21,22)16(2)3/h4-6,11H,7-10H2,1-3H3. The van der Waals surface area contributed by atoms with Crippen LogP contribution < -0.4 is 4.74 Å². The fourth-order valence-electron chi connectivity index (χ4n) is 2.39. The fourth-order valence-corrected chi connectivity index (χ4v) is 3.48. The number of amides is 1. The third kappa shape index (κ3) is 4.11. The molecule has 0 spiro atoms. The van der Waals surface area contributed by atoms with Crippen LogP contribution in [0.3, 0.4) is 0 Å². The highest BCUT2D eigenvalue weighted by atomic mass is 32.2. The lowest BCUT2D eigenvalue weighted by molar-refractivity contribution is -0.131. The third-order valence-corrected chi connectivity index (χ3v) is 5.60. The minimum Gasteiger partial charge on any atom is -0.427 e. The van der Waals surface area contributed by atoms with Crippen LogP contribution in [0, 0.1) is 0 Å². The molecule has 132 valence electrons. The summed E-state index contributed by atoms with van der Waals surface area (Å²) in [6, 6.07) is 6.38. The van der Waals surface area contributed by atoms with E-state index in [0.717, 1.165) is 4.31 Å². The number of carbonyl (C=O) groups is 2. The van der Waals surface area contributed by atoms with E-state index in [0.29, 0.717) is 24.4 Å². The fraction of sp³-hybridized carbons (Fsp3) is 0.467. The first-order valence-corrected chi connectivity index (χ1v) is 8.87. The molecule has 0 unspecified atom stereocenters. The molecule has 1 aliphatic heterocycles. The molecular formula is C15H21N3O5S. The van der Waals surface area contributed by atoms with Gasteiger partial charge in [0.15, 0.2) is 0 Å². The van der Waals surface area contributed by atoms with Crippen molar-refractivity contribution in [2.24, 2.45) is 0 Å². The van der Waals surface area contributed by atoms with Gasteiger partial charge < -0.3 is 9.64 Å². The predicted molar refractivity (Wildman–Crippen MR) is 87.8 cm³/mol. The van der Waals surface area contributed by atoms with Crippen LogP contribution in [0.25, 0.3) is 0 Å². The molecule has 1 saturated heterocycles. The number of hydrogen-bond donors (Lipinski definition) is 0. The second-order valence-electron chi connectivity index (χ2n) is 5.60. The number of piperazine rings is 1. The summed E-state index contributed by atoms with van der Waals surface area (Å²) in [7, 11) is -0.504. The van der Waals surface area contributed by atoms with Crippen LogP contribution in [0.5, 0.6) is 5.75 Å². The molecule has 1 fully saturated rings. The first-order valence-electron chi connectivity index (χ1n) is 7.47. The molecule has 1 aromatic rings. The van der Waals surface area contributed by atoms with E-state index >= 15 is 0 Å². The lowest BCUT2D eigenvalue weighted by Gasteiger charge is -2.35. The highest BCUT2D eigenvalue weighted by molar-refractivity contribution is 7.86. The van der Waals surface area contributed by atoms with E-state index < -0.39 is 16.2 Å². The Morgan fingerprint density at radius 1 is 1.12 bits per heavy atom. The summed E-state index contributed by atoms with van der Waals surface area (Å²) in [6.07, 6.45) is 0. The maximum absolute atomic E-state index is 12.5. The Hall–Kier alpha value is -1.97. The van der Waals surface area contributed by atoms with Crippen molar-refractivity contribution in [3.05, 3.63) is 29.8 Å². The number of hydrogen-bond acceptors (Lipinski definition) is 5. The molecule has 1 heterocycles. The van der Waals surface area contributed by atoms with Crippen molar-refractivity contribution in [3.63, 3.8) is 0 Å². The van der Waals surface area contributed by atoms with Crippen molar-refractivity contribution in [1.82, 2.24) is 13.5 Å². The Balaban J connectivity index is 2.04. The van der Waals surface area contributed by atoms with Crippen molar-refractivity contribution < 1.29 is 22.7 Å². The van der Waals surface area contributed by atoms with Crippen molar-refractivity contribution in [1.29, 1.82) is 0 Å². The van der Waals surface area contributed by atoms with Crippen molar-refractivity contribution >= 4 is 22.1 Å². The van der Waals surface area contributed by atoms with Crippen LogP contribution in [0.2, 0.25) is 0 Å². The molecule has 0 aromatic heterocycles. The first-order chi connectivity index (χ1) is 11.2. The summed E-state index contributed by atoms with van der Waals surface area (Å²) in [4.78, 5) is 25.1. The maximum atomic E-state index is 12.5. The maximum Gasteiger partial charge on any atom is 0.308 e. The second kappa shape index (κ2) is 7.29. The molecule has 0 radical (unpaired) electrons. The largest absolute Gasteiger partial charge is 0.427 e. The Kier molecular flexibility index (Phi) is 5.58. The lowest BCUT2D eigenvalue weighted by atomic mass is 10.1. The van der Waals surface area contributed by atoms with E-state index in [4.69, 9.17) is 4.74 Å². The van der Waals surface area contributed by atoms with Gasteiger partial charge in [0, 0.05) is 52.8 Å². The van der Waals surface area contributed by atoms with Crippen LogP contribution in [-0.2, 0) is 15.0 Å². The van der Waals surface area contributed by atoms with Crippen LogP contribution in [0.15, 0.2) is 24.3 Å². The SMILES string of the molecule is CC(=O)Oc1cccc(C(=O)N2CCN(S(=O)(=O)N(C)C)CC2)c1. The zero-order valence-corrected chi connectivity index (χ0v) is 14.7. The minimum atomic E-state index is -3.46. The molecule has 0 aliphatic carbocycles. The van der Waals surface area contributed by atoms with Gasteiger partial charge in [0.1, 0.15) is 5.75 Å². The molecule has 2 rings (SSSR count). The van der Waals surface area contributed by atoms with Gasteiger partial charge in [-0.15, -0.1) is 0 Å². The van der Waals surface area contributed by atoms with Crippen LogP contribution in [-0.4, -0.2) is 74.1 Å². The predicted octanol–water partition coefficient (Wildman–Crippen LogP) is 0.176. The van der Waals surface area contributed by atoms with E-state index in [1.54, 1.807) is 23.1 Å². The molecular weight excluding hydrogens is 334 g/mol. The Morgan fingerprint density at radius 3 is 2.29 bits per heavy atom. The highest BCUT2D eigenvalue weighted by Crippen LogP contribution is 2.17. The van der Waals surface area contributed by atoms with Gasteiger partial charge in [-0.3, -0.25) is 9.59 Å². The third-order valence-electron chi connectivity index (χ3n) is 3.66. The average Bonchev–Trinajstić information content (AvgIpc) is 2.53. The smallest absolute Gasteiger partial charge is 0.308 e. The molecule has 0 N–H and O–H groups in total.